The molecule has 0 spiro atoms. The first-order chi connectivity index (χ1) is 9.02. The average molecular weight is 278 g/mol. The molecule has 0 aliphatic carbocycles. The van der Waals surface area contributed by atoms with E-state index in [0.717, 1.165) is 30.8 Å². The standard InChI is InChI=1S/C15H22N2OS/c1-4-12-9-18-11(3)8-17(12)14-7-10(2)5-6-13(14)15(16)19/h5-7,11-12H,4,8-9H2,1-3H3,(H2,16,19). The third kappa shape index (κ3) is 3.07. The van der Waals surface area contributed by atoms with Crippen molar-refractivity contribution in [2.45, 2.75) is 39.3 Å². The van der Waals surface area contributed by atoms with E-state index in [1.165, 1.54) is 5.56 Å². The number of hydrogen-bond acceptors (Lipinski definition) is 3. The summed E-state index contributed by atoms with van der Waals surface area (Å²) in [4.78, 5) is 2.86. The Hall–Kier alpha value is -1.13. The zero-order valence-electron chi connectivity index (χ0n) is 11.8. The molecule has 4 heteroatoms. The summed E-state index contributed by atoms with van der Waals surface area (Å²) < 4.78 is 5.76. The van der Waals surface area contributed by atoms with Gasteiger partial charge in [-0.15, -0.1) is 0 Å². The Bertz CT molecular complexity index is 475. The van der Waals surface area contributed by atoms with E-state index < -0.39 is 0 Å². The van der Waals surface area contributed by atoms with Crippen molar-refractivity contribution in [3.8, 4) is 0 Å². The molecule has 19 heavy (non-hydrogen) atoms. The fraction of sp³-hybridized carbons (Fsp3) is 0.533. The maximum absolute atomic E-state index is 5.87. The van der Waals surface area contributed by atoms with Gasteiger partial charge in [0.15, 0.2) is 0 Å². The Balaban J connectivity index is 2.42. The first-order valence-corrected chi connectivity index (χ1v) is 7.22. The molecular weight excluding hydrogens is 256 g/mol. The fourth-order valence-corrected chi connectivity index (χ4v) is 2.74. The molecule has 1 aromatic rings. The first kappa shape index (κ1) is 14.3. The molecule has 1 aromatic carbocycles. The van der Waals surface area contributed by atoms with E-state index in [-0.39, 0.29) is 6.10 Å². The Morgan fingerprint density at radius 2 is 2.26 bits per heavy atom. The Kier molecular flexibility index (Phi) is 4.42. The lowest BCUT2D eigenvalue weighted by Gasteiger charge is -2.41. The molecule has 1 heterocycles. The maximum Gasteiger partial charge on any atom is 0.106 e. The molecule has 1 fully saturated rings. The van der Waals surface area contributed by atoms with Crippen LogP contribution in [0.1, 0.15) is 31.4 Å². The molecule has 104 valence electrons. The smallest absolute Gasteiger partial charge is 0.106 e. The minimum absolute atomic E-state index is 0.238. The van der Waals surface area contributed by atoms with Crippen LogP contribution in [0.3, 0.4) is 0 Å². The highest BCUT2D eigenvalue weighted by molar-refractivity contribution is 7.80. The normalized spacial score (nSPS) is 23.4. The van der Waals surface area contributed by atoms with Crippen LogP contribution in [0.15, 0.2) is 18.2 Å². The summed E-state index contributed by atoms with van der Waals surface area (Å²) >= 11 is 5.19. The van der Waals surface area contributed by atoms with E-state index in [4.69, 9.17) is 22.7 Å². The van der Waals surface area contributed by atoms with Crippen molar-refractivity contribution in [3.05, 3.63) is 29.3 Å². The highest BCUT2D eigenvalue weighted by atomic mass is 32.1. The van der Waals surface area contributed by atoms with Gasteiger partial charge >= 0.3 is 0 Å². The quantitative estimate of drug-likeness (QED) is 0.863. The number of thiocarbonyl (C=S) groups is 1. The molecule has 3 nitrogen and oxygen atoms in total. The molecule has 2 atom stereocenters. The highest BCUT2D eigenvalue weighted by Crippen LogP contribution is 2.28. The van der Waals surface area contributed by atoms with E-state index in [2.05, 4.69) is 37.8 Å². The lowest BCUT2D eigenvalue weighted by Crippen LogP contribution is -2.49. The highest BCUT2D eigenvalue weighted by Gasteiger charge is 2.27. The minimum atomic E-state index is 0.238. The molecule has 2 N–H and O–H groups in total. The van der Waals surface area contributed by atoms with Crippen molar-refractivity contribution < 1.29 is 4.74 Å². The number of ether oxygens (including phenoxy) is 1. The van der Waals surface area contributed by atoms with Crippen LogP contribution in [0.2, 0.25) is 0 Å². The second-order valence-corrected chi connectivity index (χ2v) is 5.68. The molecule has 2 rings (SSSR count). The lowest BCUT2D eigenvalue weighted by molar-refractivity contribution is 0.0299. The predicted molar refractivity (Wildman–Crippen MR) is 83.9 cm³/mol. The average Bonchev–Trinajstić information content (AvgIpc) is 2.38. The topological polar surface area (TPSA) is 38.5 Å². The van der Waals surface area contributed by atoms with Crippen LogP contribution in [0.5, 0.6) is 0 Å². The van der Waals surface area contributed by atoms with Crippen LogP contribution in [0.25, 0.3) is 0 Å². The summed E-state index contributed by atoms with van der Waals surface area (Å²) in [5.41, 5.74) is 9.21. The number of hydrogen-bond donors (Lipinski definition) is 1. The summed E-state index contributed by atoms with van der Waals surface area (Å²) in [5, 5.41) is 0. The fourth-order valence-electron chi connectivity index (χ4n) is 2.57. The second kappa shape index (κ2) is 5.88. The van der Waals surface area contributed by atoms with Crippen molar-refractivity contribution in [1.29, 1.82) is 0 Å². The third-order valence-corrected chi connectivity index (χ3v) is 3.89. The van der Waals surface area contributed by atoms with Crippen LogP contribution >= 0.6 is 12.2 Å². The second-order valence-electron chi connectivity index (χ2n) is 5.24. The van der Waals surface area contributed by atoms with Crippen molar-refractivity contribution in [1.82, 2.24) is 0 Å². The van der Waals surface area contributed by atoms with Gasteiger partial charge in [-0.1, -0.05) is 25.2 Å². The van der Waals surface area contributed by atoms with Crippen LogP contribution < -0.4 is 10.6 Å². The van der Waals surface area contributed by atoms with Gasteiger partial charge in [0.05, 0.1) is 18.8 Å². The van der Waals surface area contributed by atoms with Gasteiger partial charge < -0.3 is 15.4 Å². The molecule has 0 aromatic heterocycles. The van der Waals surface area contributed by atoms with E-state index >= 15 is 0 Å². The van der Waals surface area contributed by atoms with Gasteiger partial charge in [0, 0.05) is 17.8 Å². The molecule has 2 unspecified atom stereocenters. The van der Waals surface area contributed by atoms with E-state index in [9.17, 15) is 0 Å². The van der Waals surface area contributed by atoms with Crippen molar-refractivity contribution in [3.63, 3.8) is 0 Å². The maximum atomic E-state index is 5.87. The number of nitrogens with zero attached hydrogens (tertiary/aromatic N) is 1. The molecule has 0 radical (unpaired) electrons. The van der Waals surface area contributed by atoms with Crippen LogP contribution in [-0.2, 0) is 4.74 Å². The van der Waals surface area contributed by atoms with E-state index in [1.807, 2.05) is 6.07 Å². The van der Waals surface area contributed by atoms with Gasteiger partial charge in [-0.05, 0) is 38.0 Å². The molecule has 1 aliphatic rings. The van der Waals surface area contributed by atoms with E-state index in [0.29, 0.717) is 11.0 Å². The number of nitrogens with two attached hydrogens (primary N) is 1. The van der Waals surface area contributed by atoms with Crippen LogP contribution in [0, 0.1) is 6.92 Å². The van der Waals surface area contributed by atoms with Gasteiger partial charge in [-0.25, -0.2) is 0 Å². The zero-order chi connectivity index (χ0) is 14.0. The summed E-state index contributed by atoms with van der Waals surface area (Å²) in [5.74, 6) is 0. The number of morpholine rings is 1. The first-order valence-electron chi connectivity index (χ1n) is 6.81. The molecule has 0 bridgehead atoms. The minimum Gasteiger partial charge on any atom is -0.389 e. The SMILES string of the molecule is CCC1COC(C)CN1c1cc(C)ccc1C(N)=S. The van der Waals surface area contributed by atoms with Gasteiger partial charge in [-0.2, -0.15) is 0 Å². The number of anilines is 1. The molecule has 0 saturated carbocycles. The third-order valence-electron chi connectivity index (χ3n) is 3.67. The zero-order valence-corrected chi connectivity index (χ0v) is 12.7. The Morgan fingerprint density at radius 1 is 1.53 bits per heavy atom. The van der Waals surface area contributed by atoms with Crippen LogP contribution in [0.4, 0.5) is 5.69 Å². The van der Waals surface area contributed by atoms with Crippen LogP contribution in [-0.4, -0.2) is 30.3 Å². The van der Waals surface area contributed by atoms with Gasteiger partial charge in [0.25, 0.3) is 0 Å². The number of rotatable bonds is 3. The molecular formula is C15H22N2OS. The largest absolute Gasteiger partial charge is 0.389 e. The summed E-state index contributed by atoms with van der Waals surface area (Å²) in [7, 11) is 0. The predicted octanol–water partition coefficient (Wildman–Crippen LogP) is 2.63. The van der Waals surface area contributed by atoms with Crippen molar-refractivity contribution in [2.24, 2.45) is 5.73 Å². The molecule has 0 amide bonds. The van der Waals surface area contributed by atoms with E-state index in [1.54, 1.807) is 0 Å². The van der Waals surface area contributed by atoms with Crippen molar-refractivity contribution >= 4 is 22.9 Å². The monoisotopic (exact) mass is 278 g/mol. The number of benzene rings is 1. The number of aryl methyl sites for hydroxylation is 1. The Morgan fingerprint density at radius 3 is 2.89 bits per heavy atom. The Labute approximate surface area is 120 Å². The summed E-state index contributed by atoms with van der Waals surface area (Å²) in [6, 6.07) is 6.66. The van der Waals surface area contributed by atoms with Gasteiger partial charge in [0.2, 0.25) is 0 Å². The lowest BCUT2D eigenvalue weighted by atomic mass is 10.0. The van der Waals surface area contributed by atoms with Gasteiger partial charge in [-0.3, -0.25) is 0 Å². The molecule has 1 aliphatic heterocycles. The summed E-state index contributed by atoms with van der Waals surface area (Å²) in [6.07, 6.45) is 1.29. The van der Waals surface area contributed by atoms with Crippen molar-refractivity contribution in [2.75, 3.05) is 18.1 Å². The van der Waals surface area contributed by atoms with Gasteiger partial charge in [0.1, 0.15) is 4.99 Å². The summed E-state index contributed by atoms with van der Waals surface area (Å²) in [6.45, 7) is 8.04. The molecule has 1 saturated heterocycles.